The van der Waals surface area contributed by atoms with Crippen molar-refractivity contribution in [2.75, 3.05) is 13.1 Å². The van der Waals surface area contributed by atoms with Crippen LogP contribution in [0.25, 0.3) is 11.0 Å². The molecule has 1 saturated heterocycles. The van der Waals surface area contributed by atoms with Crippen molar-refractivity contribution in [2.45, 2.75) is 32.1 Å². The Bertz CT molecular complexity index is 651. The van der Waals surface area contributed by atoms with Crippen molar-refractivity contribution in [3.8, 4) is 0 Å². The van der Waals surface area contributed by atoms with Gasteiger partial charge in [0.1, 0.15) is 0 Å². The number of hydrogen-bond acceptors (Lipinski definition) is 3. The molecule has 110 valence electrons. The van der Waals surface area contributed by atoms with Crippen molar-refractivity contribution in [3.63, 3.8) is 0 Å². The van der Waals surface area contributed by atoms with E-state index in [-0.39, 0.29) is 5.91 Å². The number of amides is 1. The van der Waals surface area contributed by atoms with Gasteiger partial charge in [0.25, 0.3) is 5.91 Å². The molecule has 21 heavy (non-hydrogen) atoms. The molecule has 2 atom stereocenters. The average Bonchev–Trinajstić information content (AvgIpc) is 3.11. The first-order valence-corrected chi connectivity index (χ1v) is 7.90. The number of likely N-dealkylation sites (tertiary alicyclic amines) is 1. The molecule has 0 bridgehead atoms. The molecule has 1 amide bonds. The molecular weight excluding hydrogens is 264 g/mol. The van der Waals surface area contributed by atoms with Gasteiger partial charge >= 0.3 is 0 Å². The molecule has 1 aliphatic carbocycles. The van der Waals surface area contributed by atoms with E-state index in [2.05, 4.69) is 15.2 Å². The second-order valence-electron chi connectivity index (χ2n) is 6.31. The largest absolute Gasteiger partial charge is 0.339 e. The number of carbonyl (C=O) groups excluding carboxylic acids is 1. The van der Waals surface area contributed by atoms with E-state index in [4.69, 9.17) is 0 Å². The second kappa shape index (κ2) is 5.13. The van der Waals surface area contributed by atoms with E-state index < -0.39 is 0 Å². The lowest BCUT2D eigenvalue weighted by Crippen LogP contribution is -2.32. The van der Waals surface area contributed by atoms with Crippen LogP contribution in [0, 0.1) is 11.8 Å². The summed E-state index contributed by atoms with van der Waals surface area (Å²) >= 11 is 0. The molecule has 1 N–H and O–H groups in total. The van der Waals surface area contributed by atoms with Crippen LogP contribution in [0.2, 0.25) is 0 Å². The minimum Gasteiger partial charge on any atom is -0.339 e. The van der Waals surface area contributed by atoms with Gasteiger partial charge in [-0.2, -0.15) is 5.10 Å². The molecule has 0 aromatic carbocycles. The first kappa shape index (κ1) is 12.8. The molecule has 1 saturated carbocycles. The Kier molecular flexibility index (Phi) is 3.13. The Balaban J connectivity index is 1.58. The number of pyridine rings is 1. The lowest BCUT2D eigenvalue weighted by molar-refractivity contribution is 0.0760. The number of hydrogen-bond donors (Lipinski definition) is 1. The predicted octanol–water partition coefficient (Wildman–Crippen LogP) is 2.61. The van der Waals surface area contributed by atoms with Gasteiger partial charge < -0.3 is 4.90 Å². The van der Waals surface area contributed by atoms with E-state index in [1.807, 2.05) is 11.0 Å². The van der Waals surface area contributed by atoms with Crippen molar-refractivity contribution in [2.24, 2.45) is 11.8 Å². The highest BCUT2D eigenvalue weighted by Crippen LogP contribution is 2.38. The van der Waals surface area contributed by atoms with Gasteiger partial charge in [0.05, 0.1) is 17.1 Å². The highest BCUT2D eigenvalue weighted by atomic mass is 16.2. The van der Waals surface area contributed by atoms with Crippen molar-refractivity contribution in [3.05, 3.63) is 24.0 Å². The third-order valence-electron chi connectivity index (χ3n) is 5.23. The van der Waals surface area contributed by atoms with Gasteiger partial charge in [-0.25, -0.2) is 4.98 Å². The summed E-state index contributed by atoms with van der Waals surface area (Å²) in [5, 5.41) is 7.65. The van der Waals surface area contributed by atoms with E-state index in [1.54, 1.807) is 12.4 Å². The maximum absolute atomic E-state index is 12.8. The Morgan fingerprint density at radius 1 is 1.19 bits per heavy atom. The zero-order chi connectivity index (χ0) is 14.2. The Labute approximate surface area is 123 Å². The number of fused-ring (bicyclic) bond motifs is 2. The van der Waals surface area contributed by atoms with Crippen molar-refractivity contribution in [1.29, 1.82) is 0 Å². The number of rotatable bonds is 1. The van der Waals surface area contributed by atoms with Crippen LogP contribution in [0.3, 0.4) is 0 Å². The molecular formula is C16H20N4O. The van der Waals surface area contributed by atoms with Crippen molar-refractivity contribution in [1.82, 2.24) is 20.1 Å². The molecule has 0 radical (unpaired) electrons. The number of carbonyl (C=O) groups is 1. The summed E-state index contributed by atoms with van der Waals surface area (Å²) in [7, 11) is 0. The van der Waals surface area contributed by atoms with E-state index in [0.29, 0.717) is 5.65 Å². The van der Waals surface area contributed by atoms with Crippen LogP contribution >= 0.6 is 0 Å². The van der Waals surface area contributed by atoms with Crippen LogP contribution in [0.4, 0.5) is 0 Å². The molecule has 2 unspecified atom stereocenters. The van der Waals surface area contributed by atoms with Gasteiger partial charge in [-0.1, -0.05) is 19.3 Å². The fourth-order valence-electron chi connectivity index (χ4n) is 4.04. The topological polar surface area (TPSA) is 61.9 Å². The monoisotopic (exact) mass is 284 g/mol. The highest BCUT2D eigenvalue weighted by Gasteiger charge is 2.32. The van der Waals surface area contributed by atoms with Crippen molar-refractivity contribution >= 4 is 16.9 Å². The van der Waals surface area contributed by atoms with E-state index in [9.17, 15) is 4.79 Å². The Morgan fingerprint density at radius 2 is 1.95 bits per heavy atom. The zero-order valence-corrected chi connectivity index (χ0v) is 12.1. The number of aromatic nitrogens is 3. The van der Waals surface area contributed by atoms with Crippen LogP contribution < -0.4 is 0 Å². The van der Waals surface area contributed by atoms with Crippen molar-refractivity contribution < 1.29 is 4.79 Å². The summed E-state index contributed by atoms with van der Waals surface area (Å²) in [6.07, 6.45) is 9.79. The van der Waals surface area contributed by atoms with Gasteiger partial charge in [-0.05, 0) is 30.7 Å². The fourth-order valence-corrected chi connectivity index (χ4v) is 4.04. The fraction of sp³-hybridized carbons (Fsp3) is 0.562. The third-order valence-corrected chi connectivity index (χ3v) is 5.23. The van der Waals surface area contributed by atoms with Gasteiger partial charge in [0, 0.05) is 19.3 Å². The van der Waals surface area contributed by atoms with Gasteiger partial charge in [0.15, 0.2) is 5.65 Å². The summed E-state index contributed by atoms with van der Waals surface area (Å²) in [5.74, 6) is 1.81. The van der Waals surface area contributed by atoms with Gasteiger partial charge in [0.2, 0.25) is 0 Å². The molecule has 3 heterocycles. The molecule has 0 spiro atoms. The minimum atomic E-state index is 0.128. The standard InChI is InChI=1S/C16H20N4O/c21-16(13-4-7-17-15-14(13)10-18-19-15)20-8-5-11-2-1-3-12(11)6-9-20/h4,7,10-12H,1-3,5-6,8-9H2,(H,17,18,19). The van der Waals surface area contributed by atoms with Crippen LogP contribution in [0.5, 0.6) is 0 Å². The number of nitrogens with one attached hydrogen (secondary N) is 1. The van der Waals surface area contributed by atoms with E-state index in [0.717, 1.165) is 48.7 Å². The molecule has 5 nitrogen and oxygen atoms in total. The van der Waals surface area contributed by atoms with Crippen LogP contribution in [-0.2, 0) is 0 Å². The van der Waals surface area contributed by atoms with Gasteiger partial charge in [-0.3, -0.25) is 9.89 Å². The van der Waals surface area contributed by atoms with E-state index in [1.165, 1.54) is 19.3 Å². The number of nitrogens with zero attached hydrogens (tertiary/aromatic N) is 3. The zero-order valence-electron chi connectivity index (χ0n) is 12.1. The molecule has 2 aromatic heterocycles. The molecule has 1 aliphatic heterocycles. The quantitative estimate of drug-likeness (QED) is 0.875. The predicted molar refractivity (Wildman–Crippen MR) is 79.9 cm³/mol. The summed E-state index contributed by atoms with van der Waals surface area (Å²) in [5.41, 5.74) is 1.41. The molecule has 2 aromatic rings. The Hall–Kier alpha value is -1.91. The third kappa shape index (κ3) is 2.20. The molecule has 5 heteroatoms. The first-order valence-electron chi connectivity index (χ1n) is 7.90. The summed E-state index contributed by atoms with van der Waals surface area (Å²) in [4.78, 5) is 19.1. The summed E-state index contributed by atoms with van der Waals surface area (Å²) in [6, 6.07) is 1.81. The minimum absolute atomic E-state index is 0.128. The first-order chi connectivity index (χ1) is 10.3. The average molecular weight is 284 g/mol. The summed E-state index contributed by atoms with van der Waals surface area (Å²) in [6.45, 7) is 1.78. The number of H-pyrrole nitrogens is 1. The molecule has 2 fully saturated rings. The number of aromatic amines is 1. The normalized spacial score (nSPS) is 25.8. The van der Waals surface area contributed by atoms with Crippen LogP contribution in [-0.4, -0.2) is 39.1 Å². The van der Waals surface area contributed by atoms with Crippen LogP contribution in [0.15, 0.2) is 18.5 Å². The van der Waals surface area contributed by atoms with Gasteiger partial charge in [-0.15, -0.1) is 0 Å². The smallest absolute Gasteiger partial charge is 0.254 e. The second-order valence-corrected chi connectivity index (χ2v) is 6.31. The maximum atomic E-state index is 12.8. The maximum Gasteiger partial charge on any atom is 0.254 e. The highest BCUT2D eigenvalue weighted by molar-refractivity contribution is 6.05. The lowest BCUT2D eigenvalue weighted by Gasteiger charge is -2.21. The SMILES string of the molecule is O=C(c1ccnc2[nH]ncc12)N1CCC2CCCC2CC1. The molecule has 4 rings (SSSR count). The van der Waals surface area contributed by atoms with E-state index >= 15 is 0 Å². The lowest BCUT2D eigenvalue weighted by atomic mass is 9.92. The van der Waals surface area contributed by atoms with Crippen LogP contribution in [0.1, 0.15) is 42.5 Å². The molecule has 2 aliphatic rings. The Morgan fingerprint density at radius 3 is 2.71 bits per heavy atom. The summed E-state index contributed by atoms with van der Waals surface area (Å²) < 4.78 is 0.